The van der Waals surface area contributed by atoms with Gasteiger partial charge in [-0.1, -0.05) is 26.0 Å². The SMILES string of the molecule is CC#CCC(C)(C)[C@H](O)/C=C/[C@H]1[C@H](O)CC2[C@@H]1CC1CCCC(C(=O)O)N12. The zero-order valence-electron chi connectivity index (χ0n) is 16.6. The van der Waals surface area contributed by atoms with E-state index in [0.717, 1.165) is 19.3 Å². The zero-order valence-corrected chi connectivity index (χ0v) is 16.6. The summed E-state index contributed by atoms with van der Waals surface area (Å²) in [6.07, 6.45) is 7.61. The highest BCUT2D eigenvalue weighted by Gasteiger charge is 2.55. The molecule has 5 heteroatoms. The Hall–Kier alpha value is -1.35. The molecule has 5 nitrogen and oxygen atoms in total. The second-order valence-corrected chi connectivity index (χ2v) is 9.16. The van der Waals surface area contributed by atoms with E-state index in [-0.39, 0.29) is 23.3 Å². The van der Waals surface area contributed by atoms with E-state index in [2.05, 4.69) is 16.7 Å². The molecule has 3 rings (SSSR count). The van der Waals surface area contributed by atoms with Crippen molar-refractivity contribution < 1.29 is 20.1 Å². The van der Waals surface area contributed by atoms with Gasteiger partial charge >= 0.3 is 5.97 Å². The number of nitrogens with zero attached hydrogens (tertiary/aromatic N) is 1. The monoisotopic (exact) mass is 375 g/mol. The van der Waals surface area contributed by atoms with Gasteiger partial charge in [-0.2, -0.15) is 0 Å². The van der Waals surface area contributed by atoms with Crippen molar-refractivity contribution >= 4 is 5.97 Å². The fourth-order valence-corrected chi connectivity index (χ4v) is 5.37. The Morgan fingerprint density at radius 1 is 1.33 bits per heavy atom. The number of carboxylic acid groups (broad SMARTS) is 1. The summed E-state index contributed by atoms with van der Waals surface area (Å²) in [7, 11) is 0. The minimum absolute atomic E-state index is 0.0160. The fourth-order valence-electron chi connectivity index (χ4n) is 5.37. The van der Waals surface area contributed by atoms with Crippen LogP contribution in [-0.2, 0) is 4.79 Å². The van der Waals surface area contributed by atoms with Crippen LogP contribution in [0.3, 0.4) is 0 Å². The Morgan fingerprint density at radius 2 is 2.07 bits per heavy atom. The van der Waals surface area contributed by atoms with Crippen molar-refractivity contribution in [3.8, 4) is 11.8 Å². The van der Waals surface area contributed by atoms with Gasteiger partial charge in [0.25, 0.3) is 0 Å². The number of carbonyl (C=O) groups is 1. The quantitative estimate of drug-likeness (QED) is 0.508. The molecule has 0 aromatic heterocycles. The number of rotatable bonds is 5. The highest BCUT2D eigenvalue weighted by Crippen LogP contribution is 2.49. The lowest BCUT2D eigenvalue weighted by Gasteiger charge is -2.38. The first-order valence-electron chi connectivity index (χ1n) is 10.2. The summed E-state index contributed by atoms with van der Waals surface area (Å²) >= 11 is 0. The maximum atomic E-state index is 11.7. The van der Waals surface area contributed by atoms with E-state index in [1.165, 1.54) is 0 Å². The number of carboxylic acids is 1. The third-order valence-corrected chi connectivity index (χ3v) is 6.96. The second-order valence-electron chi connectivity index (χ2n) is 9.16. The summed E-state index contributed by atoms with van der Waals surface area (Å²) in [6.45, 7) is 5.79. The molecule has 0 amide bonds. The Bertz CT molecular complexity index is 646. The van der Waals surface area contributed by atoms with Gasteiger partial charge in [0.1, 0.15) is 6.04 Å². The van der Waals surface area contributed by atoms with Crippen LogP contribution >= 0.6 is 0 Å². The van der Waals surface area contributed by atoms with E-state index in [1.54, 1.807) is 6.92 Å². The van der Waals surface area contributed by atoms with Crippen LogP contribution in [0, 0.1) is 29.1 Å². The van der Waals surface area contributed by atoms with Gasteiger partial charge in [0.05, 0.1) is 12.2 Å². The van der Waals surface area contributed by atoms with Crippen molar-refractivity contribution in [3.63, 3.8) is 0 Å². The summed E-state index contributed by atoms with van der Waals surface area (Å²) < 4.78 is 0. The van der Waals surface area contributed by atoms with Gasteiger partial charge in [0.15, 0.2) is 0 Å². The third-order valence-electron chi connectivity index (χ3n) is 6.96. The molecule has 1 saturated carbocycles. The number of hydrogen-bond acceptors (Lipinski definition) is 4. The highest BCUT2D eigenvalue weighted by atomic mass is 16.4. The normalized spacial score (nSPS) is 37.5. The Balaban J connectivity index is 1.73. The summed E-state index contributed by atoms with van der Waals surface area (Å²) in [4.78, 5) is 13.9. The van der Waals surface area contributed by atoms with Gasteiger partial charge < -0.3 is 15.3 Å². The summed E-state index contributed by atoms with van der Waals surface area (Å²) in [6, 6.07) is 0.0439. The molecule has 0 bridgehead atoms. The molecular weight excluding hydrogens is 342 g/mol. The number of aliphatic carboxylic acids is 1. The lowest BCUT2D eigenvalue weighted by molar-refractivity contribution is -0.146. The van der Waals surface area contributed by atoms with Crippen LogP contribution in [0.4, 0.5) is 0 Å². The number of fused-ring (bicyclic) bond motifs is 3. The average molecular weight is 376 g/mol. The molecule has 0 spiro atoms. The van der Waals surface area contributed by atoms with E-state index in [9.17, 15) is 20.1 Å². The van der Waals surface area contributed by atoms with E-state index < -0.39 is 24.2 Å². The lowest BCUT2D eigenvalue weighted by Crippen LogP contribution is -2.51. The Morgan fingerprint density at radius 3 is 2.74 bits per heavy atom. The molecule has 2 saturated heterocycles. The van der Waals surface area contributed by atoms with Crippen LogP contribution in [0.15, 0.2) is 12.2 Å². The molecule has 3 aliphatic rings. The highest BCUT2D eigenvalue weighted by molar-refractivity contribution is 5.73. The lowest BCUT2D eigenvalue weighted by atomic mass is 9.82. The van der Waals surface area contributed by atoms with Crippen molar-refractivity contribution in [2.45, 2.75) is 89.6 Å². The largest absolute Gasteiger partial charge is 0.480 e. The Kier molecular flexibility index (Phi) is 6.00. The smallest absolute Gasteiger partial charge is 0.320 e. The van der Waals surface area contributed by atoms with Crippen LogP contribution < -0.4 is 0 Å². The van der Waals surface area contributed by atoms with Crippen LogP contribution in [0.25, 0.3) is 0 Å². The predicted molar refractivity (Wildman–Crippen MR) is 104 cm³/mol. The van der Waals surface area contributed by atoms with Crippen LogP contribution in [0.1, 0.15) is 59.3 Å². The minimum atomic E-state index is -0.733. The first-order valence-corrected chi connectivity index (χ1v) is 10.2. The van der Waals surface area contributed by atoms with Crippen molar-refractivity contribution in [2.75, 3.05) is 0 Å². The van der Waals surface area contributed by atoms with Gasteiger partial charge in [-0.25, -0.2) is 0 Å². The molecular formula is C22H33NO4. The van der Waals surface area contributed by atoms with Crippen molar-refractivity contribution in [1.29, 1.82) is 0 Å². The van der Waals surface area contributed by atoms with Crippen molar-refractivity contribution in [1.82, 2.24) is 4.90 Å². The van der Waals surface area contributed by atoms with Crippen molar-refractivity contribution in [2.24, 2.45) is 17.3 Å². The fraction of sp³-hybridized carbons (Fsp3) is 0.773. The molecule has 3 unspecified atom stereocenters. The van der Waals surface area contributed by atoms with E-state index in [0.29, 0.717) is 25.3 Å². The summed E-state index contributed by atoms with van der Waals surface area (Å²) in [5.41, 5.74) is -0.343. The van der Waals surface area contributed by atoms with Gasteiger partial charge in [-0.15, -0.1) is 11.8 Å². The molecule has 27 heavy (non-hydrogen) atoms. The predicted octanol–water partition coefficient (Wildman–Crippen LogP) is 2.42. The van der Waals surface area contributed by atoms with Gasteiger partial charge in [-0.3, -0.25) is 9.69 Å². The first kappa shape index (κ1) is 20.4. The topological polar surface area (TPSA) is 81.0 Å². The molecule has 0 aromatic carbocycles. The molecule has 3 N–H and O–H groups in total. The molecule has 2 aliphatic heterocycles. The van der Waals surface area contributed by atoms with Crippen LogP contribution in [-0.4, -0.2) is 56.5 Å². The van der Waals surface area contributed by atoms with Crippen LogP contribution in [0.5, 0.6) is 0 Å². The van der Waals surface area contributed by atoms with Crippen molar-refractivity contribution in [3.05, 3.63) is 12.2 Å². The summed E-state index contributed by atoms with van der Waals surface area (Å²) in [5, 5.41) is 30.8. The summed E-state index contributed by atoms with van der Waals surface area (Å²) in [5.74, 6) is 5.43. The molecule has 0 aromatic rings. The number of aliphatic hydroxyl groups excluding tert-OH is 2. The molecule has 0 radical (unpaired) electrons. The molecule has 7 atom stereocenters. The third kappa shape index (κ3) is 3.94. The standard InChI is InChI=1S/C22H33NO4/c1-4-5-11-22(2,3)20(25)10-9-15-16-12-14-7-6-8-17(21(26)27)23(14)18(16)13-19(15)24/h9-10,14-20,24-25H,6-8,11-13H2,1-3H3,(H,26,27)/b10-9+/t14?,15-,16-,17?,18?,19-,20-/m1/s1. The second kappa shape index (κ2) is 7.95. The average Bonchev–Trinajstić information content (AvgIpc) is 3.12. The number of hydrogen-bond donors (Lipinski definition) is 3. The van der Waals surface area contributed by atoms with E-state index >= 15 is 0 Å². The Labute approximate surface area is 162 Å². The maximum Gasteiger partial charge on any atom is 0.320 e. The van der Waals surface area contributed by atoms with Gasteiger partial charge in [0, 0.05) is 29.8 Å². The van der Waals surface area contributed by atoms with Gasteiger partial charge in [0.2, 0.25) is 0 Å². The molecule has 3 fully saturated rings. The molecule has 2 heterocycles. The zero-order chi connectivity index (χ0) is 19.8. The number of aliphatic hydroxyl groups is 2. The molecule has 1 aliphatic carbocycles. The van der Waals surface area contributed by atoms with Crippen LogP contribution in [0.2, 0.25) is 0 Å². The van der Waals surface area contributed by atoms with Gasteiger partial charge in [-0.05, 0) is 44.9 Å². The minimum Gasteiger partial charge on any atom is -0.480 e. The first-order chi connectivity index (χ1) is 12.8. The maximum absolute atomic E-state index is 11.7. The number of piperidine rings is 1. The molecule has 150 valence electrons. The van der Waals surface area contributed by atoms with E-state index in [4.69, 9.17) is 0 Å². The van der Waals surface area contributed by atoms with E-state index in [1.807, 2.05) is 26.0 Å².